The first-order valence-corrected chi connectivity index (χ1v) is 12.3. The fraction of sp³-hybridized carbons (Fsp3) is 0.375. The zero-order valence-electron chi connectivity index (χ0n) is 19.2. The number of methoxy groups -OCH3 is 1. The molecule has 7 heteroatoms. The number of rotatable bonds is 3. The Morgan fingerprint density at radius 1 is 1.00 bits per heavy atom. The van der Waals surface area contributed by atoms with Crippen molar-refractivity contribution in [1.82, 2.24) is 4.57 Å². The van der Waals surface area contributed by atoms with E-state index in [1.54, 1.807) is 7.11 Å². The number of hydrogen-bond donors (Lipinski definition) is 0. The molecule has 0 aliphatic heterocycles. The molecule has 3 nitrogen and oxygen atoms in total. The number of benzene rings is 2. The van der Waals surface area contributed by atoms with Gasteiger partial charge in [-0.2, -0.15) is 6.42 Å². The van der Waals surface area contributed by atoms with Crippen LogP contribution in [-0.4, -0.2) is 26.2 Å². The summed E-state index contributed by atoms with van der Waals surface area (Å²) < 4.78 is 7.76. The van der Waals surface area contributed by atoms with Crippen molar-refractivity contribution in [1.29, 1.82) is 0 Å². The van der Waals surface area contributed by atoms with Crippen LogP contribution in [0, 0.1) is 6.42 Å². The van der Waals surface area contributed by atoms with Gasteiger partial charge in [-0.05, 0) is 30.0 Å². The van der Waals surface area contributed by atoms with Gasteiger partial charge in [0, 0.05) is 17.1 Å². The van der Waals surface area contributed by atoms with Crippen LogP contribution in [-0.2, 0) is 34.6 Å². The van der Waals surface area contributed by atoms with Crippen molar-refractivity contribution in [3.05, 3.63) is 71.2 Å². The fourth-order valence-corrected chi connectivity index (χ4v) is 5.19. The van der Waals surface area contributed by atoms with Crippen LogP contribution in [0.1, 0.15) is 32.0 Å². The maximum Gasteiger partial charge on any atom is 4.00 e. The van der Waals surface area contributed by atoms with E-state index in [0.717, 1.165) is 18.6 Å². The van der Waals surface area contributed by atoms with E-state index in [9.17, 15) is 0 Å². The smallest absolute Gasteiger partial charge is 1.00 e. The zero-order valence-corrected chi connectivity index (χ0v) is 23.2. The van der Waals surface area contributed by atoms with E-state index < -0.39 is 0 Å². The van der Waals surface area contributed by atoms with Crippen molar-refractivity contribution in [2.75, 3.05) is 7.11 Å². The molecule has 31 heavy (non-hydrogen) atoms. The van der Waals surface area contributed by atoms with E-state index in [1.165, 1.54) is 27.8 Å². The van der Waals surface area contributed by atoms with E-state index in [2.05, 4.69) is 98.4 Å². The second kappa shape index (κ2) is 13.1. The van der Waals surface area contributed by atoms with Crippen molar-refractivity contribution in [3.8, 4) is 11.4 Å². The third-order valence-corrected chi connectivity index (χ3v) is 5.77. The molecule has 1 heterocycles. The summed E-state index contributed by atoms with van der Waals surface area (Å²) >= 11 is 0. The molecule has 1 aliphatic rings. The minimum absolute atomic E-state index is 0. The van der Waals surface area contributed by atoms with Crippen LogP contribution in [0.4, 0.5) is 0 Å². The molecule has 1 aromatic heterocycles. The van der Waals surface area contributed by atoms with Crippen LogP contribution >= 0.6 is 0 Å². The second-order valence-electron chi connectivity index (χ2n) is 8.41. The molecule has 0 N–H and O–H groups in total. The first-order chi connectivity index (χ1) is 13.3. The van der Waals surface area contributed by atoms with Crippen molar-refractivity contribution < 1.29 is 51.3 Å². The topological polar surface area (TPSA) is 28.3 Å². The Labute approximate surface area is 216 Å². The van der Waals surface area contributed by atoms with E-state index in [-0.39, 0.29) is 61.0 Å². The quantitative estimate of drug-likeness (QED) is 0.370. The standard InChI is InChI=1S/C18H16NO.C6H15NSi.2ClH.Ti/c1-20-14-10-11-16-15-8-5-9-17(15)19(18(16)12-14)13-6-3-2-4-7-13;1-6(2,3)7-8(4)5;;;/h2-7,10-12H,8-9H2,1H3;1-5H3;2*1H;/q2*-1;;;+4/p-2. The fourth-order valence-electron chi connectivity index (χ4n) is 3.85. The van der Waals surface area contributed by atoms with Gasteiger partial charge in [0.2, 0.25) is 0 Å². The van der Waals surface area contributed by atoms with Crippen LogP contribution in [0.2, 0.25) is 13.1 Å². The Hall–Kier alpha value is -0.749. The number of nitrogens with zero attached hydrogens (tertiary/aromatic N) is 2. The van der Waals surface area contributed by atoms with Crippen molar-refractivity contribution in [2.24, 2.45) is 0 Å². The van der Waals surface area contributed by atoms with Gasteiger partial charge in [-0.3, -0.25) is 0 Å². The van der Waals surface area contributed by atoms with Gasteiger partial charge in [-0.1, -0.05) is 66.6 Å². The van der Waals surface area contributed by atoms with Crippen molar-refractivity contribution in [2.45, 2.75) is 52.2 Å². The summed E-state index contributed by atoms with van der Waals surface area (Å²) in [6, 6.07) is 16.9. The molecule has 0 amide bonds. The molecule has 0 fully saturated rings. The molecular formula is C24H31Cl2N2OSiTi. The molecule has 0 atom stereocenters. The molecule has 0 bridgehead atoms. The normalized spacial score (nSPS) is 12.1. The van der Waals surface area contributed by atoms with E-state index in [0.29, 0.717) is 0 Å². The summed E-state index contributed by atoms with van der Waals surface area (Å²) in [5.74, 6) is 0.912. The number of fused-ring (bicyclic) bond motifs is 3. The van der Waals surface area contributed by atoms with Crippen LogP contribution in [0.3, 0.4) is 0 Å². The van der Waals surface area contributed by atoms with Gasteiger partial charge in [-0.25, -0.2) is 0 Å². The molecule has 4 rings (SSSR count). The Balaban J connectivity index is 0.000000719. The summed E-state index contributed by atoms with van der Waals surface area (Å²) in [6.07, 6.45) is 4.47. The molecule has 2 aromatic carbocycles. The third-order valence-electron chi connectivity index (χ3n) is 4.65. The first kappa shape index (κ1) is 30.3. The summed E-state index contributed by atoms with van der Waals surface area (Å²) in [6.45, 7) is 10.8. The second-order valence-corrected chi connectivity index (χ2v) is 10.5. The van der Waals surface area contributed by atoms with E-state index >= 15 is 0 Å². The molecule has 1 radical (unpaired) electrons. The summed E-state index contributed by atoms with van der Waals surface area (Å²) in [5.41, 5.74) is 5.54. The molecular weight excluding hydrogens is 479 g/mol. The predicted octanol–water partition coefficient (Wildman–Crippen LogP) is 0.357. The average molecular weight is 510 g/mol. The predicted molar refractivity (Wildman–Crippen MR) is 122 cm³/mol. The van der Waals surface area contributed by atoms with Crippen LogP contribution in [0.15, 0.2) is 48.5 Å². The molecule has 165 valence electrons. The van der Waals surface area contributed by atoms with Crippen molar-refractivity contribution in [3.63, 3.8) is 0 Å². The van der Waals surface area contributed by atoms with E-state index in [4.69, 9.17) is 4.74 Å². The maximum atomic E-state index is 5.39. The van der Waals surface area contributed by atoms with Gasteiger partial charge >= 0.3 is 21.7 Å². The van der Waals surface area contributed by atoms with Gasteiger partial charge in [0.25, 0.3) is 0 Å². The summed E-state index contributed by atoms with van der Waals surface area (Å²) in [7, 11) is 1.35. The van der Waals surface area contributed by atoms with E-state index in [1.807, 2.05) is 0 Å². The molecule has 0 spiro atoms. The van der Waals surface area contributed by atoms with Gasteiger partial charge in [0.15, 0.2) is 0 Å². The van der Waals surface area contributed by atoms with Gasteiger partial charge in [0.05, 0.1) is 12.6 Å². The number of aromatic nitrogens is 1. The monoisotopic (exact) mass is 509 g/mol. The average Bonchev–Trinajstić information content (AvgIpc) is 3.20. The number of hydrogen-bond acceptors (Lipinski definition) is 1. The van der Waals surface area contributed by atoms with Crippen LogP contribution in [0.5, 0.6) is 5.75 Å². The third kappa shape index (κ3) is 7.66. The number of ether oxygens (including phenoxy) is 1. The van der Waals surface area contributed by atoms with Crippen LogP contribution in [0.25, 0.3) is 21.6 Å². The minimum atomic E-state index is -0.367. The van der Waals surface area contributed by atoms with Gasteiger partial charge < -0.3 is 45.5 Å². The molecule has 0 saturated heterocycles. The summed E-state index contributed by atoms with van der Waals surface area (Å²) in [4.78, 5) is 4.51. The largest absolute Gasteiger partial charge is 4.00 e. The minimum Gasteiger partial charge on any atom is -1.00 e. The summed E-state index contributed by atoms with van der Waals surface area (Å²) in [5, 5.41) is 1.35. The Morgan fingerprint density at radius 2 is 1.65 bits per heavy atom. The molecule has 0 saturated carbocycles. The molecule has 1 aliphatic carbocycles. The van der Waals surface area contributed by atoms with Gasteiger partial charge in [0.1, 0.15) is 5.75 Å². The Kier molecular flexibility index (Phi) is 12.8. The van der Waals surface area contributed by atoms with Crippen molar-refractivity contribution >= 4 is 19.9 Å². The molecule has 0 unspecified atom stereocenters. The Morgan fingerprint density at radius 3 is 2.16 bits per heavy atom. The molecule has 3 aromatic rings. The first-order valence-electron chi connectivity index (χ1n) is 9.90. The zero-order chi connectivity index (χ0) is 20.3. The number of para-hydroxylation sites is 1. The van der Waals surface area contributed by atoms with Gasteiger partial charge in [-0.15, -0.1) is 12.0 Å². The Bertz CT molecular complexity index is 940. The number of halogens is 2. The SMILES string of the molecule is COc1ccc2c3c(n(-c4ccccc4)c2c1)C[CH-]C3.C[Si](C)[N-]C(C)(C)C.[Cl-].[Cl-].[Ti+4]. The van der Waals surface area contributed by atoms with Crippen LogP contribution < -0.4 is 29.6 Å². The maximum absolute atomic E-state index is 5.39.